The van der Waals surface area contributed by atoms with Crippen LogP contribution in [-0.2, 0) is 0 Å². The lowest BCUT2D eigenvalue weighted by molar-refractivity contribution is 1.34. The van der Waals surface area contributed by atoms with Gasteiger partial charge in [0.2, 0.25) is 0 Å². The quantitative estimate of drug-likeness (QED) is 0.732. The minimum atomic E-state index is 0.711. The van der Waals surface area contributed by atoms with E-state index in [-0.39, 0.29) is 0 Å². The first-order chi connectivity index (χ1) is 7.58. The van der Waals surface area contributed by atoms with Gasteiger partial charge in [-0.3, -0.25) is 0 Å². The number of nitrogen functional groups attached to an aromatic ring is 1. The summed E-state index contributed by atoms with van der Waals surface area (Å²) in [4.78, 5) is 0. The predicted octanol–water partition coefficient (Wildman–Crippen LogP) is 4.21. The van der Waals surface area contributed by atoms with Gasteiger partial charge in [0.25, 0.3) is 0 Å². The summed E-state index contributed by atoms with van der Waals surface area (Å²) in [6.07, 6.45) is 0. The van der Waals surface area contributed by atoms with Gasteiger partial charge in [-0.25, -0.2) is 0 Å². The van der Waals surface area contributed by atoms with Gasteiger partial charge in [0.05, 0.1) is 0 Å². The van der Waals surface area contributed by atoms with Gasteiger partial charge >= 0.3 is 0 Å². The molecule has 2 rings (SSSR count). The zero-order valence-electron chi connectivity index (χ0n) is 9.42. The highest BCUT2D eigenvalue weighted by Gasteiger charge is 2.04. The Balaban J connectivity index is 2.58. The van der Waals surface area contributed by atoms with Crippen molar-refractivity contribution in [3.63, 3.8) is 0 Å². The molecule has 0 amide bonds. The van der Waals surface area contributed by atoms with Crippen molar-refractivity contribution in [1.82, 2.24) is 0 Å². The van der Waals surface area contributed by atoms with E-state index in [1.807, 2.05) is 12.1 Å². The van der Waals surface area contributed by atoms with Gasteiger partial charge in [0, 0.05) is 16.3 Å². The fourth-order valence-electron chi connectivity index (χ4n) is 1.69. The molecular formula is C14H14ClN. The van der Waals surface area contributed by atoms with Crippen molar-refractivity contribution < 1.29 is 0 Å². The standard InChI is InChI=1S/C14H14ClN/c1-9-3-4-11(7-10(9)2)13-8-12(15)5-6-14(13)16/h3-8H,16H2,1-2H3. The zero-order valence-corrected chi connectivity index (χ0v) is 10.2. The van der Waals surface area contributed by atoms with Crippen LogP contribution >= 0.6 is 11.6 Å². The maximum atomic E-state index is 5.98. The molecule has 0 radical (unpaired) electrons. The molecule has 1 nitrogen and oxygen atoms in total. The second-order valence-corrected chi connectivity index (χ2v) is 4.47. The van der Waals surface area contributed by atoms with Gasteiger partial charge in [-0.05, 0) is 48.7 Å². The third-order valence-electron chi connectivity index (χ3n) is 2.83. The second-order valence-electron chi connectivity index (χ2n) is 4.03. The van der Waals surface area contributed by atoms with Crippen molar-refractivity contribution in [2.24, 2.45) is 0 Å². The van der Waals surface area contributed by atoms with Gasteiger partial charge in [0.1, 0.15) is 0 Å². The van der Waals surface area contributed by atoms with Crippen LogP contribution in [0.4, 0.5) is 5.69 Å². The lowest BCUT2D eigenvalue weighted by Gasteiger charge is -2.08. The summed E-state index contributed by atoms with van der Waals surface area (Å²) in [6.45, 7) is 4.19. The maximum absolute atomic E-state index is 5.98. The van der Waals surface area contributed by atoms with E-state index in [9.17, 15) is 0 Å². The highest BCUT2D eigenvalue weighted by atomic mass is 35.5. The summed E-state index contributed by atoms with van der Waals surface area (Å²) < 4.78 is 0. The Morgan fingerprint density at radius 1 is 0.938 bits per heavy atom. The third kappa shape index (κ3) is 2.05. The number of hydrogen-bond donors (Lipinski definition) is 1. The zero-order chi connectivity index (χ0) is 11.7. The number of hydrogen-bond acceptors (Lipinski definition) is 1. The Hall–Kier alpha value is -1.47. The smallest absolute Gasteiger partial charge is 0.0413 e. The summed E-state index contributed by atoms with van der Waals surface area (Å²) in [5.41, 5.74) is 11.4. The van der Waals surface area contributed by atoms with Gasteiger partial charge < -0.3 is 5.73 Å². The topological polar surface area (TPSA) is 26.0 Å². The van der Waals surface area contributed by atoms with Gasteiger partial charge in [0.15, 0.2) is 0 Å². The van der Waals surface area contributed by atoms with Crippen LogP contribution in [0.3, 0.4) is 0 Å². The van der Waals surface area contributed by atoms with Crippen LogP contribution in [0.5, 0.6) is 0 Å². The first kappa shape index (κ1) is 11.0. The van der Waals surface area contributed by atoms with Crippen LogP contribution in [0, 0.1) is 13.8 Å². The SMILES string of the molecule is Cc1ccc(-c2cc(Cl)ccc2N)cc1C. The molecule has 0 saturated heterocycles. The second kappa shape index (κ2) is 4.18. The van der Waals surface area contributed by atoms with E-state index < -0.39 is 0 Å². The molecule has 0 fully saturated rings. The molecule has 0 saturated carbocycles. The summed E-state index contributed by atoms with van der Waals surface area (Å²) in [6, 6.07) is 11.9. The predicted molar refractivity (Wildman–Crippen MR) is 70.8 cm³/mol. The van der Waals surface area contributed by atoms with E-state index in [4.69, 9.17) is 17.3 Å². The van der Waals surface area contributed by atoms with Crippen LogP contribution in [0.2, 0.25) is 5.02 Å². The Morgan fingerprint density at radius 3 is 2.38 bits per heavy atom. The Kier molecular flexibility index (Phi) is 2.88. The molecule has 0 aromatic heterocycles. The molecule has 2 heteroatoms. The molecule has 2 N–H and O–H groups in total. The lowest BCUT2D eigenvalue weighted by atomic mass is 9.99. The van der Waals surface area contributed by atoms with E-state index in [1.54, 1.807) is 6.07 Å². The minimum Gasteiger partial charge on any atom is -0.398 e. The average molecular weight is 232 g/mol. The first-order valence-corrected chi connectivity index (χ1v) is 5.58. The normalized spacial score (nSPS) is 10.4. The molecule has 0 bridgehead atoms. The van der Waals surface area contributed by atoms with Crippen molar-refractivity contribution in [2.45, 2.75) is 13.8 Å². The molecule has 16 heavy (non-hydrogen) atoms. The van der Waals surface area contributed by atoms with Crippen molar-refractivity contribution >= 4 is 17.3 Å². The molecule has 0 aliphatic carbocycles. The van der Waals surface area contributed by atoms with Gasteiger partial charge in [-0.15, -0.1) is 0 Å². The molecule has 0 unspecified atom stereocenters. The van der Waals surface area contributed by atoms with Crippen molar-refractivity contribution in [3.8, 4) is 11.1 Å². The van der Waals surface area contributed by atoms with Crippen LogP contribution in [0.25, 0.3) is 11.1 Å². The van der Waals surface area contributed by atoms with Crippen LogP contribution in [-0.4, -0.2) is 0 Å². The average Bonchev–Trinajstić information content (AvgIpc) is 2.26. The fourth-order valence-corrected chi connectivity index (χ4v) is 1.86. The third-order valence-corrected chi connectivity index (χ3v) is 3.07. The first-order valence-electron chi connectivity index (χ1n) is 5.20. The number of rotatable bonds is 1. The van der Waals surface area contributed by atoms with E-state index in [0.717, 1.165) is 16.8 Å². The molecule has 0 spiro atoms. The number of aryl methyl sites for hydroxylation is 2. The van der Waals surface area contributed by atoms with Gasteiger partial charge in [-0.2, -0.15) is 0 Å². The lowest BCUT2D eigenvalue weighted by Crippen LogP contribution is -1.91. The molecule has 2 aromatic carbocycles. The highest BCUT2D eigenvalue weighted by Crippen LogP contribution is 2.29. The van der Waals surface area contributed by atoms with Crippen molar-refractivity contribution in [3.05, 3.63) is 52.5 Å². The highest BCUT2D eigenvalue weighted by molar-refractivity contribution is 6.31. The minimum absolute atomic E-state index is 0.711. The molecule has 0 aliphatic heterocycles. The van der Waals surface area contributed by atoms with Crippen molar-refractivity contribution in [2.75, 3.05) is 5.73 Å². The largest absolute Gasteiger partial charge is 0.398 e. The Labute approximate surface area is 101 Å². The summed E-state index contributed by atoms with van der Waals surface area (Å²) in [5, 5.41) is 0.711. The summed E-state index contributed by atoms with van der Waals surface area (Å²) in [7, 11) is 0. The summed E-state index contributed by atoms with van der Waals surface area (Å²) >= 11 is 5.98. The molecule has 0 aliphatic rings. The van der Waals surface area contributed by atoms with Crippen LogP contribution in [0.15, 0.2) is 36.4 Å². The van der Waals surface area contributed by atoms with Gasteiger partial charge in [-0.1, -0.05) is 29.8 Å². The maximum Gasteiger partial charge on any atom is 0.0413 e. The Morgan fingerprint density at radius 2 is 1.69 bits per heavy atom. The number of anilines is 1. The number of nitrogens with two attached hydrogens (primary N) is 1. The van der Waals surface area contributed by atoms with Crippen molar-refractivity contribution in [1.29, 1.82) is 0 Å². The molecule has 2 aromatic rings. The summed E-state index contributed by atoms with van der Waals surface area (Å²) in [5.74, 6) is 0. The number of halogens is 1. The molecule has 82 valence electrons. The molecule has 0 heterocycles. The monoisotopic (exact) mass is 231 g/mol. The van der Waals surface area contributed by atoms with E-state index in [2.05, 4.69) is 32.0 Å². The molecular weight excluding hydrogens is 218 g/mol. The molecule has 0 atom stereocenters. The van der Waals surface area contributed by atoms with Crippen LogP contribution in [0.1, 0.15) is 11.1 Å². The number of benzene rings is 2. The fraction of sp³-hybridized carbons (Fsp3) is 0.143. The van der Waals surface area contributed by atoms with E-state index in [1.165, 1.54) is 11.1 Å². The Bertz CT molecular complexity index is 532. The van der Waals surface area contributed by atoms with Crippen LogP contribution < -0.4 is 5.73 Å². The van der Waals surface area contributed by atoms with E-state index >= 15 is 0 Å². The van der Waals surface area contributed by atoms with E-state index in [0.29, 0.717) is 5.02 Å².